The summed E-state index contributed by atoms with van der Waals surface area (Å²) < 4.78 is 39.6. The average molecular weight is 434 g/mol. The number of thiophene rings is 1. The highest BCUT2D eigenvalue weighted by molar-refractivity contribution is 7.15. The van der Waals surface area contributed by atoms with Crippen molar-refractivity contribution in [2.75, 3.05) is 5.32 Å². The Morgan fingerprint density at radius 2 is 1.90 bits per heavy atom. The number of nitrogens with one attached hydrogen (secondary N) is 1. The van der Waals surface area contributed by atoms with Crippen molar-refractivity contribution in [2.24, 2.45) is 0 Å². The van der Waals surface area contributed by atoms with Gasteiger partial charge >= 0.3 is 6.18 Å². The summed E-state index contributed by atoms with van der Waals surface area (Å²) in [5, 5.41) is 11.5. The Hall–Kier alpha value is -2.98. The van der Waals surface area contributed by atoms with Gasteiger partial charge in [-0.15, -0.1) is 22.7 Å². The molecule has 5 nitrogen and oxygen atoms in total. The third-order valence-electron chi connectivity index (χ3n) is 3.99. The van der Waals surface area contributed by atoms with Crippen LogP contribution in [0.1, 0.15) is 21.6 Å². The SMILES string of the molecule is Cc1cc(NC(=O)c2ccc(C(F)(F)F)cc2)n(-c2nc(-c3cccs3)cs2)n1. The molecule has 1 aromatic carbocycles. The minimum atomic E-state index is -4.45. The molecule has 0 bridgehead atoms. The predicted molar refractivity (Wildman–Crippen MR) is 107 cm³/mol. The summed E-state index contributed by atoms with van der Waals surface area (Å²) in [5.74, 6) is -0.144. The second kappa shape index (κ2) is 7.45. The van der Waals surface area contributed by atoms with Gasteiger partial charge in [0.25, 0.3) is 5.91 Å². The summed E-state index contributed by atoms with van der Waals surface area (Å²) in [4.78, 5) is 18.1. The first-order chi connectivity index (χ1) is 13.8. The zero-order chi connectivity index (χ0) is 20.6. The third-order valence-corrected chi connectivity index (χ3v) is 5.70. The molecule has 0 aliphatic rings. The average Bonchev–Trinajstić information content (AvgIpc) is 3.41. The highest BCUT2D eigenvalue weighted by Crippen LogP contribution is 2.30. The highest BCUT2D eigenvalue weighted by atomic mass is 32.1. The number of carbonyl (C=O) groups is 1. The first kappa shape index (κ1) is 19.3. The molecule has 0 saturated heterocycles. The summed E-state index contributed by atoms with van der Waals surface area (Å²) in [6.07, 6.45) is -4.45. The third kappa shape index (κ3) is 4.08. The van der Waals surface area contributed by atoms with Crippen LogP contribution in [0.4, 0.5) is 19.0 Å². The first-order valence-corrected chi connectivity index (χ1v) is 10.1. The highest BCUT2D eigenvalue weighted by Gasteiger charge is 2.30. The van der Waals surface area contributed by atoms with E-state index in [9.17, 15) is 18.0 Å². The second-order valence-electron chi connectivity index (χ2n) is 6.10. The van der Waals surface area contributed by atoms with Crippen LogP contribution >= 0.6 is 22.7 Å². The van der Waals surface area contributed by atoms with Crippen molar-refractivity contribution in [3.05, 3.63) is 70.0 Å². The Balaban J connectivity index is 1.58. The van der Waals surface area contributed by atoms with Crippen molar-refractivity contribution in [1.82, 2.24) is 14.8 Å². The summed E-state index contributed by atoms with van der Waals surface area (Å²) in [6, 6.07) is 9.62. The van der Waals surface area contributed by atoms with Crippen molar-refractivity contribution >= 4 is 34.4 Å². The number of thiazole rings is 1. The molecule has 0 aliphatic carbocycles. The fourth-order valence-corrected chi connectivity index (χ4v) is 4.18. The molecule has 0 unspecified atom stereocenters. The van der Waals surface area contributed by atoms with Crippen LogP contribution in [0.5, 0.6) is 0 Å². The number of rotatable bonds is 4. The number of aryl methyl sites for hydroxylation is 1. The van der Waals surface area contributed by atoms with Crippen LogP contribution in [-0.2, 0) is 6.18 Å². The largest absolute Gasteiger partial charge is 0.416 e. The van der Waals surface area contributed by atoms with E-state index in [1.807, 2.05) is 22.9 Å². The lowest BCUT2D eigenvalue weighted by Gasteiger charge is -2.09. The maximum Gasteiger partial charge on any atom is 0.416 e. The van der Waals surface area contributed by atoms with Crippen molar-refractivity contribution in [1.29, 1.82) is 0 Å². The van der Waals surface area contributed by atoms with E-state index < -0.39 is 17.6 Å². The molecule has 4 aromatic rings. The van der Waals surface area contributed by atoms with Crippen molar-refractivity contribution in [3.63, 3.8) is 0 Å². The Kier molecular flexibility index (Phi) is 4.97. The van der Waals surface area contributed by atoms with Gasteiger partial charge in [-0.2, -0.15) is 23.0 Å². The van der Waals surface area contributed by atoms with Crippen LogP contribution in [0.3, 0.4) is 0 Å². The molecule has 0 radical (unpaired) electrons. The van der Waals surface area contributed by atoms with Crippen LogP contribution < -0.4 is 5.32 Å². The normalized spacial score (nSPS) is 11.6. The van der Waals surface area contributed by atoms with E-state index in [4.69, 9.17) is 0 Å². The molecule has 3 heterocycles. The molecule has 29 heavy (non-hydrogen) atoms. The van der Waals surface area contributed by atoms with Gasteiger partial charge in [0.1, 0.15) is 5.82 Å². The van der Waals surface area contributed by atoms with E-state index >= 15 is 0 Å². The lowest BCUT2D eigenvalue weighted by molar-refractivity contribution is -0.137. The number of benzene rings is 1. The Bertz CT molecular complexity index is 1150. The van der Waals surface area contributed by atoms with Crippen LogP contribution in [0.25, 0.3) is 15.7 Å². The Labute approximate surface area is 171 Å². The predicted octanol–water partition coefficient (Wildman–Crippen LogP) is 5.64. The maximum atomic E-state index is 12.7. The van der Waals surface area contributed by atoms with Gasteiger partial charge in [0.2, 0.25) is 5.13 Å². The van der Waals surface area contributed by atoms with Gasteiger partial charge in [-0.3, -0.25) is 4.79 Å². The number of carbonyl (C=O) groups excluding carboxylic acids is 1. The number of hydrogen-bond donors (Lipinski definition) is 1. The number of alkyl halides is 3. The number of amides is 1. The summed E-state index contributed by atoms with van der Waals surface area (Å²) in [5.41, 5.74) is 0.786. The van der Waals surface area contributed by atoms with Crippen molar-refractivity contribution in [3.8, 4) is 15.7 Å². The molecule has 4 rings (SSSR count). The molecule has 148 valence electrons. The molecule has 3 aromatic heterocycles. The number of anilines is 1. The van der Waals surface area contributed by atoms with Gasteiger partial charge in [0.05, 0.1) is 21.8 Å². The lowest BCUT2D eigenvalue weighted by atomic mass is 10.1. The molecule has 10 heteroatoms. The van der Waals surface area contributed by atoms with Crippen LogP contribution in [-0.4, -0.2) is 20.7 Å². The number of hydrogen-bond acceptors (Lipinski definition) is 5. The lowest BCUT2D eigenvalue weighted by Crippen LogP contribution is -2.15. The van der Waals surface area contributed by atoms with Crippen molar-refractivity contribution in [2.45, 2.75) is 13.1 Å². The monoisotopic (exact) mass is 434 g/mol. The fourth-order valence-electron chi connectivity index (χ4n) is 2.63. The number of aromatic nitrogens is 3. The molecule has 0 fully saturated rings. The molecule has 0 spiro atoms. The zero-order valence-electron chi connectivity index (χ0n) is 14.9. The Morgan fingerprint density at radius 1 is 1.14 bits per heavy atom. The van der Waals surface area contributed by atoms with Gasteiger partial charge in [-0.25, -0.2) is 4.98 Å². The number of nitrogens with zero attached hydrogens (tertiary/aromatic N) is 3. The van der Waals surface area contributed by atoms with E-state index in [0.29, 0.717) is 16.6 Å². The first-order valence-electron chi connectivity index (χ1n) is 8.36. The van der Waals surface area contributed by atoms with E-state index in [1.54, 1.807) is 24.3 Å². The second-order valence-corrected chi connectivity index (χ2v) is 7.89. The van der Waals surface area contributed by atoms with E-state index in [-0.39, 0.29) is 5.56 Å². The molecule has 1 amide bonds. The van der Waals surface area contributed by atoms with Gasteiger partial charge in [0.15, 0.2) is 0 Å². The summed E-state index contributed by atoms with van der Waals surface area (Å²) in [6.45, 7) is 1.78. The van der Waals surface area contributed by atoms with Gasteiger partial charge < -0.3 is 5.32 Å². The zero-order valence-corrected chi connectivity index (χ0v) is 16.5. The molecule has 0 saturated carbocycles. The van der Waals surface area contributed by atoms with Crippen LogP contribution in [0.15, 0.2) is 53.2 Å². The van der Waals surface area contributed by atoms with Gasteiger partial charge in [0, 0.05) is 17.0 Å². The maximum absolute atomic E-state index is 12.7. The van der Waals surface area contributed by atoms with Crippen LogP contribution in [0.2, 0.25) is 0 Å². The smallest absolute Gasteiger partial charge is 0.306 e. The van der Waals surface area contributed by atoms with E-state index in [0.717, 1.165) is 34.8 Å². The van der Waals surface area contributed by atoms with Crippen molar-refractivity contribution < 1.29 is 18.0 Å². The van der Waals surface area contributed by atoms with Gasteiger partial charge in [-0.1, -0.05) is 6.07 Å². The molecular formula is C19H13F3N4OS2. The molecule has 0 atom stereocenters. The van der Waals surface area contributed by atoms with E-state index in [1.165, 1.54) is 16.0 Å². The van der Waals surface area contributed by atoms with Gasteiger partial charge in [-0.05, 0) is 42.6 Å². The molecule has 0 aliphatic heterocycles. The van der Waals surface area contributed by atoms with E-state index in [2.05, 4.69) is 15.4 Å². The summed E-state index contributed by atoms with van der Waals surface area (Å²) in [7, 11) is 0. The fraction of sp³-hybridized carbons (Fsp3) is 0.105. The molecule has 1 N–H and O–H groups in total. The quantitative estimate of drug-likeness (QED) is 0.452. The minimum absolute atomic E-state index is 0.113. The standard InChI is InChI=1S/C19H13F3N4OS2/c1-11-9-16(24-17(27)12-4-6-13(7-5-12)19(20,21)22)26(25-11)18-23-14(10-29-18)15-3-2-8-28-15/h2-10H,1H3,(H,24,27). The van der Waals surface area contributed by atoms with Crippen LogP contribution in [0, 0.1) is 6.92 Å². The minimum Gasteiger partial charge on any atom is -0.306 e. The molecular weight excluding hydrogens is 421 g/mol. The Morgan fingerprint density at radius 3 is 2.55 bits per heavy atom. The topological polar surface area (TPSA) is 59.8 Å². The summed E-state index contributed by atoms with van der Waals surface area (Å²) >= 11 is 2.95. The number of halogens is 3.